The Hall–Kier alpha value is -1.85. The van der Waals surface area contributed by atoms with Crippen LogP contribution in [0.4, 0.5) is 0 Å². The molecule has 6 nitrogen and oxygen atoms in total. The van der Waals surface area contributed by atoms with Crippen molar-refractivity contribution in [1.82, 2.24) is 19.6 Å². The number of rotatable bonds is 4. The van der Waals surface area contributed by atoms with Crippen molar-refractivity contribution in [3.05, 3.63) is 18.0 Å². The van der Waals surface area contributed by atoms with Crippen molar-refractivity contribution in [2.75, 3.05) is 26.2 Å². The standard InChI is InChI=1S/C16H24N4O2/c1-13-5-7-20(17-13)8-6-15(21)18-9-11-19(12-10-18)16(22)14-3-2-4-14/h5,7,14H,2-4,6,8-12H2,1H3. The average molecular weight is 304 g/mol. The van der Waals surface area contributed by atoms with Crippen molar-refractivity contribution in [2.24, 2.45) is 5.92 Å². The molecule has 0 atom stereocenters. The maximum atomic E-state index is 12.2. The molecule has 1 saturated carbocycles. The van der Waals surface area contributed by atoms with Gasteiger partial charge in [-0.1, -0.05) is 6.42 Å². The van der Waals surface area contributed by atoms with E-state index in [1.165, 1.54) is 6.42 Å². The zero-order valence-corrected chi connectivity index (χ0v) is 13.2. The third-order valence-corrected chi connectivity index (χ3v) is 4.73. The topological polar surface area (TPSA) is 58.4 Å². The molecular formula is C16H24N4O2. The van der Waals surface area contributed by atoms with Crippen molar-refractivity contribution in [3.63, 3.8) is 0 Å². The summed E-state index contributed by atoms with van der Waals surface area (Å²) in [6.45, 7) is 5.25. The van der Waals surface area contributed by atoms with Gasteiger partial charge in [-0.15, -0.1) is 0 Å². The van der Waals surface area contributed by atoms with Crippen LogP contribution in [0, 0.1) is 12.8 Å². The van der Waals surface area contributed by atoms with Gasteiger partial charge in [-0.05, 0) is 25.8 Å². The van der Waals surface area contributed by atoms with Gasteiger partial charge in [-0.3, -0.25) is 14.3 Å². The van der Waals surface area contributed by atoms with E-state index in [-0.39, 0.29) is 11.8 Å². The lowest BCUT2D eigenvalue weighted by Crippen LogP contribution is -2.52. The minimum absolute atomic E-state index is 0.156. The SMILES string of the molecule is Cc1ccn(CCC(=O)N2CCN(C(=O)C3CCC3)CC2)n1. The summed E-state index contributed by atoms with van der Waals surface area (Å²) in [4.78, 5) is 28.2. The highest BCUT2D eigenvalue weighted by Crippen LogP contribution is 2.28. The number of aromatic nitrogens is 2. The molecule has 0 radical (unpaired) electrons. The van der Waals surface area contributed by atoms with Gasteiger partial charge in [0.15, 0.2) is 0 Å². The van der Waals surface area contributed by atoms with Crippen LogP contribution in [-0.4, -0.2) is 57.6 Å². The molecule has 2 aliphatic rings. The monoisotopic (exact) mass is 304 g/mol. The van der Waals surface area contributed by atoms with Crippen LogP contribution in [-0.2, 0) is 16.1 Å². The number of hydrogen-bond acceptors (Lipinski definition) is 3. The minimum atomic E-state index is 0.156. The van der Waals surface area contributed by atoms with Crippen LogP contribution in [0.15, 0.2) is 12.3 Å². The first-order chi connectivity index (χ1) is 10.6. The van der Waals surface area contributed by atoms with Crippen LogP contribution in [0.25, 0.3) is 0 Å². The maximum Gasteiger partial charge on any atom is 0.225 e. The molecule has 1 aliphatic carbocycles. The molecule has 1 aromatic rings. The molecule has 0 aromatic carbocycles. The quantitative estimate of drug-likeness (QED) is 0.835. The Bertz CT molecular complexity index is 542. The Morgan fingerprint density at radius 2 is 1.86 bits per heavy atom. The van der Waals surface area contributed by atoms with Gasteiger partial charge in [0.25, 0.3) is 0 Å². The maximum absolute atomic E-state index is 12.2. The molecule has 0 unspecified atom stereocenters. The Morgan fingerprint density at radius 3 is 2.41 bits per heavy atom. The van der Waals surface area contributed by atoms with Crippen LogP contribution in [0.2, 0.25) is 0 Å². The summed E-state index contributed by atoms with van der Waals surface area (Å²) in [7, 11) is 0. The summed E-state index contributed by atoms with van der Waals surface area (Å²) in [6, 6.07) is 1.94. The molecule has 1 aliphatic heterocycles. The number of amides is 2. The van der Waals surface area contributed by atoms with Crippen LogP contribution < -0.4 is 0 Å². The highest BCUT2D eigenvalue weighted by molar-refractivity contribution is 5.80. The second kappa shape index (κ2) is 6.50. The molecule has 1 saturated heterocycles. The molecule has 3 rings (SSSR count). The van der Waals surface area contributed by atoms with Gasteiger partial charge in [0.1, 0.15) is 0 Å². The molecule has 2 amide bonds. The Labute approximate surface area is 131 Å². The predicted molar refractivity (Wildman–Crippen MR) is 82.1 cm³/mol. The van der Waals surface area contributed by atoms with E-state index >= 15 is 0 Å². The van der Waals surface area contributed by atoms with Gasteiger partial charge in [0.2, 0.25) is 11.8 Å². The van der Waals surface area contributed by atoms with Crippen molar-refractivity contribution >= 4 is 11.8 Å². The number of piperazine rings is 1. The number of carbonyl (C=O) groups excluding carboxylic acids is 2. The lowest BCUT2D eigenvalue weighted by atomic mass is 9.84. The first-order valence-corrected chi connectivity index (χ1v) is 8.20. The molecule has 2 fully saturated rings. The van der Waals surface area contributed by atoms with Crippen LogP contribution in [0.3, 0.4) is 0 Å². The third-order valence-electron chi connectivity index (χ3n) is 4.73. The van der Waals surface area contributed by atoms with Gasteiger partial charge < -0.3 is 9.80 Å². The Kier molecular flexibility index (Phi) is 4.45. The number of hydrogen-bond donors (Lipinski definition) is 0. The summed E-state index contributed by atoms with van der Waals surface area (Å²) >= 11 is 0. The van der Waals surface area contributed by atoms with Crippen molar-refractivity contribution in [1.29, 1.82) is 0 Å². The first-order valence-electron chi connectivity index (χ1n) is 8.20. The second-order valence-electron chi connectivity index (χ2n) is 6.30. The summed E-state index contributed by atoms with van der Waals surface area (Å²) in [5.41, 5.74) is 0.968. The zero-order valence-electron chi connectivity index (χ0n) is 13.2. The van der Waals surface area contributed by atoms with Crippen LogP contribution >= 0.6 is 0 Å². The van der Waals surface area contributed by atoms with E-state index in [0.717, 1.165) is 18.5 Å². The minimum Gasteiger partial charge on any atom is -0.339 e. The smallest absolute Gasteiger partial charge is 0.225 e. The second-order valence-corrected chi connectivity index (χ2v) is 6.30. The van der Waals surface area contributed by atoms with Crippen molar-refractivity contribution in [3.8, 4) is 0 Å². The lowest BCUT2D eigenvalue weighted by Gasteiger charge is -2.38. The van der Waals surface area contributed by atoms with Gasteiger partial charge in [0.05, 0.1) is 5.69 Å². The normalized spacial score (nSPS) is 19.1. The molecule has 0 N–H and O–H groups in total. The van der Waals surface area contributed by atoms with E-state index < -0.39 is 0 Å². The lowest BCUT2D eigenvalue weighted by molar-refractivity contribution is -0.144. The first kappa shape index (κ1) is 15.1. The molecular weight excluding hydrogens is 280 g/mol. The molecule has 0 bridgehead atoms. The Morgan fingerprint density at radius 1 is 1.18 bits per heavy atom. The Balaban J connectivity index is 1.42. The zero-order chi connectivity index (χ0) is 15.5. The average Bonchev–Trinajstić information content (AvgIpc) is 2.89. The van der Waals surface area contributed by atoms with Gasteiger partial charge in [0, 0.05) is 51.3 Å². The van der Waals surface area contributed by atoms with Gasteiger partial charge >= 0.3 is 0 Å². The van der Waals surface area contributed by atoms with Gasteiger partial charge in [-0.25, -0.2) is 0 Å². The molecule has 0 spiro atoms. The predicted octanol–water partition coefficient (Wildman–Crippen LogP) is 1.05. The number of aryl methyl sites for hydroxylation is 2. The molecule has 120 valence electrons. The fourth-order valence-corrected chi connectivity index (χ4v) is 3.05. The van der Waals surface area contributed by atoms with Gasteiger partial charge in [-0.2, -0.15) is 5.10 Å². The highest BCUT2D eigenvalue weighted by Gasteiger charge is 2.31. The highest BCUT2D eigenvalue weighted by atomic mass is 16.2. The molecule has 2 heterocycles. The summed E-state index contributed by atoms with van der Waals surface area (Å²) < 4.78 is 1.81. The van der Waals surface area contributed by atoms with E-state index in [2.05, 4.69) is 5.10 Å². The van der Waals surface area contributed by atoms with Crippen molar-refractivity contribution in [2.45, 2.75) is 39.2 Å². The van der Waals surface area contributed by atoms with Crippen LogP contribution in [0.1, 0.15) is 31.4 Å². The van der Waals surface area contributed by atoms with Crippen molar-refractivity contribution < 1.29 is 9.59 Å². The van der Waals surface area contributed by atoms with Crippen LogP contribution in [0.5, 0.6) is 0 Å². The fraction of sp³-hybridized carbons (Fsp3) is 0.688. The third kappa shape index (κ3) is 3.31. The van der Waals surface area contributed by atoms with E-state index in [9.17, 15) is 9.59 Å². The molecule has 1 aromatic heterocycles. The molecule has 22 heavy (non-hydrogen) atoms. The fourth-order valence-electron chi connectivity index (χ4n) is 3.05. The largest absolute Gasteiger partial charge is 0.339 e. The number of nitrogens with zero attached hydrogens (tertiary/aromatic N) is 4. The molecule has 6 heteroatoms. The van der Waals surface area contributed by atoms with E-state index in [1.54, 1.807) is 0 Å². The van der Waals surface area contributed by atoms with E-state index in [4.69, 9.17) is 0 Å². The summed E-state index contributed by atoms with van der Waals surface area (Å²) in [5.74, 6) is 0.708. The number of carbonyl (C=O) groups is 2. The van der Waals surface area contributed by atoms with E-state index in [0.29, 0.717) is 45.1 Å². The summed E-state index contributed by atoms with van der Waals surface area (Å²) in [6.07, 6.45) is 5.64. The van der Waals surface area contributed by atoms with E-state index in [1.807, 2.05) is 33.7 Å². The summed E-state index contributed by atoms with van der Waals surface area (Å²) in [5, 5.41) is 4.29.